The third kappa shape index (κ3) is 2.69. The van der Waals surface area contributed by atoms with Gasteiger partial charge in [0.05, 0.1) is 5.56 Å². The molecule has 7 heteroatoms. The first kappa shape index (κ1) is 16.8. The standard InChI is InChI=1S/C19H17NO5S/c1-10-3-5-15-13(11(10)2)7-8-16-14-6-4-12(25-26(20,22)23)9-17(14)24-19(21)18(15)16/h3-6,9H,7-8H2,1-2H3,(H2,20,22,23). The number of fused-ring (bicyclic) bond motifs is 5. The molecule has 4 rings (SSSR count). The first-order chi connectivity index (χ1) is 12.2. The molecule has 134 valence electrons. The molecule has 1 aromatic heterocycles. The summed E-state index contributed by atoms with van der Waals surface area (Å²) in [5.41, 5.74) is 5.82. The predicted molar refractivity (Wildman–Crippen MR) is 98.5 cm³/mol. The number of aryl methyl sites for hydroxylation is 2. The van der Waals surface area contributed by atoms with E-state index in [0.717, 1.165) is 22.9 Å². The molecule has 2 N–H and O–H groups in total. The van der Waals surface area contributed by atoms with Gasteiger partial charge in [0.15, 0.2) is 0 Å². The summed E-state index contributed by atoms with van der Waals surface area (Å²) in [5, 5.41) is 5.66. The highest BCUT2D eigenvalue weighted by Crippen LogP contribution is 2.38. The zero-order chi connectivity index (χ0) is 18.6. The molecule has 0 bridgehead atoms. The molecule has 0 amide bonds. The molecule has 0 spiro atoms. The van der Waals surface area contributed by atoms with Crippen molar-refractivity contribution in [3.63, 3.8) is 0 Å². The first-order valence-corrected chi connectivity index (χ1v) is 9.63. The average Bonchev–Trinajstić information content (AvgIpc) is 2.56. The SMILES string of the molecule is Cc1ccc2c(c1C)CCc1c-2c(=O)oc2cc(OS(N)(=O)=O)ccc12. The zero-order valence-corrected chi connectivity index (χ0v) is 15.1. The van der Waals surface area contributed by atoms with Gasteiger partial charge in [-0.05, 0) is 66.6 Å². The molecule has 1 heterocycles. The fraction of sp³-hybridized carbons (Fsp3) is 0.211. The molecule has 0 aliphatic heterocycles. The van der Waals surface area contributed by atoms with E-state index in [1.165, 1.54) is 28.8 Å². The van der Waals surface area contributed by atoms with Crippen LogP contribution in [0.15, 0.2) is 39.5 Å². The van der Waals surface area contributed by atoms with Crippen LogP contribution in [-0.4, -0.2) is 8.42 Å². The smallest absolute Gasteiger partial charge is 0.380 e. The number of hydrogen-bond acceptors (Lipinski definition) is 5. The van der Waals surface area contributed by atoms with Crippen molar-refractivity contribution < 1.29 is 17.0 Å². The Morgan fingerprint density at radius 3 is 2.54 bits per heavy atom. The van der Waals surface area contributed by atoms with Gasteiger partial charge in [0.25, 0.3) is 0 Å². The van der Waals surface area contributed by atoms with E-state index in [1.54, 1.807) is 6.07 Å². The van der Waals surface area contributed by atoms with E-state index in [4.69, 9.17) is 9.56 Å². The van der Waals surface area contributed by atoms with Crippen molar-refractivity contribution >= 4 is 21.3 Å². The second kappa shape index (κ2) is 5.69. The van der Waals surface area contributed by atoms with E-state index in [-0.39, 0.29) is 11.3 Å². The minimum absolute atomic E-state index is 0.00535. The Morgan fingerprint density at radius 1 is 1.08 bits per heavy atom. The third-order valence-electron chi connectivity index (χ3n) is 4.96. The molecule has 3 aromatic rings. The van der Waals surface area contributed by atoms with Gasteiger partial charge in [0.2, 0.25) is 0 Å². The predicted octanol–water partition coefficient (Wildman–Crippen LogP) is 2.76. The van der Waals surface area contributed by atoms with Gasteiger partial charge in [-0.25, -0.2) is 4.79 Å². The van der Waals surface area contributed by atoms with Gasteiger partial charge in [-0.2, -0.15) is 13.6 Å². The maximum atomic E-state index is 12.7. The number of hydrogen-bond donors (Lipinski definition) is 1. The van der Waals surface area contributed by atoms with Gasteiger partial charge in [0, 0.05) is 11.5 Å². The van der Waals surface area contributed by atoms with Gasteiger partial charge in [-0.1, -0.05) is 12.1 Å². The van der Waals surface area contributed by atoms with Crippen LogP contribution >= 0.6 is 0 Å². The second-order valence-electron chi connectivity index (χ2n) is 6.51. The van der Waals surface area contributed by atoms with Crippen LogP contribution < -0.4 is 14.9 Å². The Labute approximate surface area is 150 Å². The quantitative estimate of drug-likeness (QED) is 0.698. The summed E-state index contributed by atoms with van der Waals surface area (Å²) >= 11 is 0. The lowest BCUT2D eigenvalue weighted by atomic mass is 9.82. The van der Waals surface area contributed by atoms with Crippen molar-refractivity contribution in [2.45, 2.75) is 26.7 Å². The highest BCUT2D eigenvalue weighted by atomic mass is 32.2. The van der Waals surface area contributed by atoms with E-state index in [0.29, 0.717) is 12.0 Å². The molecular formula is C19H17NO5S. The first-order valence-electron chi connectivity index (χ1n) is 8.16. The van der Waals surface area contributed by atoms with Gasteiger partial charge >= 0.3 is 15.9 Å². The lowest BCUT2D eigenvalue weighted by molar-refractivity contribution is 0.486. The minimum Gasteiger partial charge on any atom is -0.422 e. The maximum absolute atomic E-state index is 12.7. The second-order valence-corrected chi connectivity index (χ2v) is 7.66. The van der Waals surface area contributed by atoms with Crippen molar-refractivity contribution in [2.24, 2.45) is 5.14 Å². The lowest BCUT2D eigenvalue weighted by Crippen LogP contribution is -2.19. The Kier molecular flexibility index (Phi) is 3.68. The van der Waals surface area contributed by atoms with Crippen LogP contribution in [0.1, 0.15) is 22.3 Å². The summed E-state index contributed by atoms with van der Waals surface area (Å²) in [6.07, 6.45) is 1.55. The molecule has 0 radical (unpaired) electrons. The fourth-order valence-electron chi connectivity index (χ4n) is 3.64. The zero-order valence-electron chi connectivity index (χ0n) is 14.3. The monoisotopic (exact) mass is 371 g/mol. The molecule has 2 aromatic carbocycles. The maximum Gasteiger partial charge on any atom is 0.380 e. The van der Waals surface area contributed by atoms with E-state index < -0.39 is 15.9 Å². The lowest BCUT2D eigenvalue weighted by Gasteiger charge is -2.22. The molecule has 6 nitrogen and oxygen atoms in total. The normalized spacial score (nSPS) is 13.3. The van der Waals surface area contributed by atoms with Crippen LogP contribution in [0.3, 0.4) is 0 Å². The molecule has 26 heavy (non-hydrogen) atoms. The van der Waals surface area contributed by atoms with Crippen molar-refractivity contribution in [3.05, 3.63) is 63.0 Å². The van der Waals surface area contributed by atoms with Gasteiger partial charge < -0.3 is 8.60 Å². The molecule has 1 aliphatic rings. The number of nitrogens with two attached hydrogens (primary N) is 1. The molecule has 0 saturated carbocycles. The van der Waals surface area contributed by atoms with Crippen LogP contribution in [-0.2, 0) is 23.1 Å². The molecule has 0 fully saturated rings. The van der Waals surface area contributed by atoms with E-state index in [2.05, 4.69) is 18.0 Å². The van der Waals surface area contributed by atoms with E-state index >= 15 is 0 Å². The summed E-state index contributed by atoms with van der Waals surface area (Å²) < 4.78 is 32.3. The van der Waals surface area contributed by atoms with Crippen LogP contribution in [0, 0.1) is 13.8 Å². The Bertz CT molecular complexity index is 1220. The largest absolute Gasteiger partial charge is 0.422 e. The highest BCUT2D eigenvalue weighted by molar-refractivity contribution is 7.84. The van der Waals surface area contributed by atoms with Crippen molar-refractivity contribution in [2.75, 3.05) is 0 Å². The molecule has 1 aliphatic carbocycles. The Hall–Kier alpha value is -2.64. The Morgan fingerprint density at radius 2 is 1.81 bits per heavy atom. The highest BCUT2D eigenvalue weighted by Gasteiger charge is 2.24. The van der Waals surface area contributed by atoms with Crippen LogP contribution in [0.2, 0.25) is 0 Å². The van der Waals surface area contributed by atoms with Gasteiger partial charge in [-0.3, -0.25) is 0 Å². The van der Waals surface area contributed by atoms with E-state index in [1.807, 2.05) is 12.1 Å². The summed E-state index contributed by atoms with van der Waals surface area (Å²) in [6.45, 7) is 4.12. The van der Waals surface area contributed by atoms with E-state index in [9.17, 15) is 13.2 Å². The molecule has 0 atom stereocenters. The average molecular weight is 371 g/mol. The van der Waals surface area contributed by atoms with Gasteiger partial charge in [-0.15, -0.1) is 0 Å². The summed E-state index contributed by atoms with van der Waals surface area (Å²) in [6, 6.07) is 8.55. The topological polar surface area (TPSA) is 99.6 Å². The fourth-order valence-corrected chi connectivity index (χ4v) is 4.02. The van der Waals surface area contributed by atoms with Crippen molar-refractivity contribution in [1.82, 2.24) is 0 Å². The van der Waals surface area contributed by atoms with Crippen LogP contribution in [0.25, 0.3) is 22.1 Å². The Balaban J connectivity index is 1.96. The number of rotatable bonds is 2. The molecular weight excluding hydrogens is 354 g/mol. The van der Waals surface area contributed by atoms with Crippen molar-refractivity contribution in [1.29, 1.82) is 0 Å². The van der Waals surface area contributed by atoms with Crippen molar-refractivity contribution in [3.8, 4) is 16.9 Å². The molecule has 0 saturated heterocycles. The number of benzene rings is 2. The minimum atomic E-state index is -4.14. The third-order valence-corrected chi connectivity index (χ3v) is 5.39. The van der Waals surface area contributed by atoms with Gasteiger partial charge in [0.1, 0.15) is 11.3 Å². The summed E-state index contributed by atoms with van der Waals surface area (Å²) in [7, 11) is -4.14. The summed E-state index contributed by atoms with van der Waals surface area (Å²) in [5.74, 6) is 0.00535. The molecule has 0 unspecified atom stereocenters. The van der Waals surface area contributed by atoms with Crippen LogP contribution in [0.4, 0.5) is 0 Å². The van der Waals surface area contributed by atoms with Crippen LogP contribution in [0.5, 0.6) is 5.75 Å². The summed E-state index contributed by atoms with van der Waals surface area (Å²) in [4.78, 5) is 12.7.